The Hall–Kier alpha value is -5.18. The minimum absolute atomic E-state index is 0.00491. The predicted molar refractivity (Wildman–Crippen MR) is 314 cm³/mol. The summed E-state index contributed by atoms with van der Waals surface area (Å²) in [5, 5.41) is 120. The molecule has 5 fully saturated rings. The minimum Gasteiger partial charge on any atom is -0.499 e. The summed E-state index contributed by atoms with van der Waals surface area (Å²) in [4.78, 5) is 24.7. The Kier molecular flexibility index (Phi) is 34.9. The van der Waals surface area contributed by atoms with Gasteiger partial charge in [-0.3, -0.25) is 0 Å². The Morgan fingerprint density at radius 1 is 0.386 bits per heavy atom. The van der Waals surface area contributed by atoms with Gasteiger partial charge in [0.05, 0.1) is 74.3 Å². The van der Waals surface area contributed by atoms with Crippen molar-refractivity contribution < 1.29 is 128 Å². The van der Waals surface area contributed by atoms with Crippen molar-refractivity contribution in [2.45, 2.75) is 183 Å². The largest absolute Gasteiger partial charge is 0.499 e. The number of benzene rings is 2. The zero-order chi connectivity index (χ0) is 65.8. The average molecular weight is 1260 g/mol. The first-order valence-electron chi connectivity index (χ1n) is 29.3. The van der Waals surface area contributed by atoms with Gasteiger partial charge in [-0.15, -0.1) is 0 Å². The Labute approximate surface area is 514 Å². The van der Waals surface area contributed by atoms with E-state index in [-0.39, 0.29) is 80.5 Å². The van der Waals surface area contributed by atoms with Crippen LogP contribution < -0.4 is 0 Å². The number of ether oxygens (including phenoxy) is 11. The Morgan fingerprint density at radius 3 is 1.05 bits per heavy atom. The van der Waals surface area contributed by atoms with Crippen molar-refractivity contribution in [2.24, 2.45) is 23.7 Å². The summed E-state index contributed by atoms with van der Waals surface area (Å²) < 4.78 is 58.9. The molecule has 13 N–H and O–H groups in total. The maximum atomic E-state index is 12.4. The lowest BCUT2D eigenvalue weighted by molar-refractivity contribution is -0.286. The number of rotatable bonds is 21. The molecule has 0 saturated carbocycles. The molecule has 0 aliphatic carbocycles. The van der Waals surface area contributed by atoms with Crippen molar-refractivity contribution in [1.82, 2.24) is 0 Å². The molecule has 0 bridgehead atoms. The van der Waals surface area contributed by atoms with Crippen molar-refractivity contribution in [3.63, 3.8) is 0 Å². The topological polar surface area (TPSA) is 399 Å². The van der Waals surface area contributed by atoms with E-state index >= 15 is 0 Å². The quantitative estimate of drug-likeness (QED) is 0.0594. The molecule has 0 aromatic heterocycles. The van der Waals surface area contributed by atoms with Crippen LogP contribution in [0.3, 0.4) is 0 Å². The van der Waals surface area contributed by atoms with Crippen molar-refractivity contribution in [1.29, 1.82) is 0 Å². The van der Waals surface area contributed by atoms with Crippen LogP contribution >= 0.6 is 0 Å². The highest BCUT2D eigenvalue weighted by Crippen LogP contribution is 2.36. The number of hydrogen-bond donors (Lipinski definition) is 13. The molecule has 7 rings (SSSR count). The third-order valence-electron chi connectivity index (χ3n) is 16.0. The van der Waals surface area contributed by atoms with Gasteiger partial charge in [-0.25, -0.2) is 9.59 Å². The van der Waals surface area contributed by atoms with Gasteiger partial charge >= 0.3 is 11.9 Å². The van der Waals surface area contributed by atoms with Crippen LogP contribution in [0.1, 0.15) is 75.1 Å². The highest BCUT2D eigenvalue weighted by Gasteiger charge is 2.47. The molecule has 0 spiro atoms. The number of aliphatic hydroxyl groups excluding tert-OH is 13. The lowest BCUT2D eigenvalue weighted by atomic mass is 9.80. The second kappa shape index (κ2) is 39.8. The number of hydrogen-bond acceptors (Lipinski definition) is 26. The fourth-order valence-corrected chi connectivity index (χ4v) is 10.2. The van der Waals surface area contributed by atoms with Crippen LogP contribution in [0.25, 0.3) is 0 Å². The highest BCUT2D eigenvalue weighted by atomic mass is 16.6. The summed E-state index contributed by atoms with van der Waals surface area (Å²) in [5.74, 6) is -0.102. The van der Waals surface area contributed by atoms with Gasteiger partial charge in [-0.2, -0.15) is 0 Å². The number of carbonyl (C=O) groups is 2. The van der Waals surface area contributed by atoms with Crippen molar-refractivity contribution in [3.05, 3.63) is 123 Å². The molecule has 5 saturated heterocycles. The van der Waals surface area contributed by atoms with Crippen molar-refractivity contribution in [2.75, 3.05) is 46.2 Å². The monoisotopic (exact) mass is 1260 g/mol. The van der Waals surface area contributed by atoms with Crippen molar-refractivity contribution >= 4 is 11.9 Å². The molecule has 4 unspecified atom stereocenters. The molecule has 2 aromatic carbocycles. The average Bonchev–Trinajstić information content (AvgIpc) is 3.04. The van der Waals surface area contributed by atoms with E-state index in [9.17, 15) is 45.3 Å². The van der Waals surface area contributed by atoms with Gasteiger partial charge < -0.3 is 118 Å². The number of aliphatic hydroxyl groups is 13. The first-order chi connectivity index (χ1) is 42.0. The molecule has 25 atom stereocenters. The van der Waals surface area contributed by atoms with E-state index in [4.69, 9.17) is 78.0 Å². The van der Waals surface area contributed by atoms with Gasteiger partial charge in [0, 0.05) is 11.8 Å². The first-order valence-corrected chi connectivity index (χ1v) is 29.3. The van der Waals surface area contributed by atoms with E-state index in [1.54, 1.807) is 36.4 Å². The second-order valence-electron chi connectivity index (χ2n) is 21.6. The summed E-state index contributed by atoms with van der Waals surface area (Å²) in [6.45, 7) is 25.6. The third kappa shape index (κ3) is 22.0. The van der Waals surface area contributed by atoms with Gasteiger partial charge in [0.1, 0.15) is 130 Å². The zero-order valence-corrected chi connectivity index (χ0v) is 50.8. The van der Waals surface area contributed by atoms with Crippen LogP contribution in [-0.2, 0) is 52.1 Å². The number of esters is 2. The van der Waals surface area contributed by atoms with Gasteiger partial charge in [0.2, 0.25) is 0 Å². The van der Waals surface area contributed by atoms with Crippen LogP contribution in [0.15, 0.2) is 112 Å². The molecular formula is C62H96O26. The second-order valence-corrected chi connectivity index (χ2v) is 21.6. The molecule has 0 amide bonds. The third-order valence-corrected chi connectivity index (χ3v) is 16.0. The summed E-state index contributed by atoms with van der Waals surface area (Å²) in [6, 6.07) is 17.9. The normalized spacial score (nSPS) is 36.7. The van der Waals surface area contributed by atoms with Gasteiger partial charge in [0.25, 0.3) is 0 Å². The smallest absolute Gasteiger partial charge is 0.338 e. The lowest BCUT2D eigenvalue weighted by Gasteiger charge is -2.43. The van der Waals surface area contributed by atoms with Gasteiger partial charge in [-0.1, -0.05) is 104 Å². The predicted octanol–water partition coefficient (Wildman–Crippen LogP) is 0.400. The fraction of sp³-hybridized carbons (Fsp3) is 0.645. The molecule has 0 radical (unpaired) electrons. The van der Waals surface area contributed by atoms with Gasteiger partial charge in [-0.05, 0) is 48.9 Å². The van der Waals surface area contributed by atoms with E-state index in [0.29, 0.717) is 30.1 Å². The minimum atomic E-state index is -1.57. The van der Waals surface area contributed by atoms with E-state index in [1.807, 2.05) is 45.0 Å². The van der Waals surface area contributed by atoms with E-state index in [2.05, 4.69) is 51.8 Å². The van der Waals surface area contributed by atoms with Crippen molar-refractivity contribution in [3.8, 4) is 0 Å². The molecular weight excluding hydrogens is 1160 g/mol. The first kappa shape index (κ1) is 77.1. The molecule has 5 aliphatic rings. The summed E-state index contributed by atoms with van der Waals surface area (Å²) >= 11 is 0. The summed E-state index contributed by atoms with van der Waals surface area (Å²) in [5.41, 5.74) is 1.05. The highest BCUT2D eigenvalue weighted by molar-refractivity contribution is 5.90. The molecule has 88 heavy (non-hydrogen) atoms. The number of carbonyl (C=O) groups excluding carboxylic acids is 2. The fourth-order valence-electron chi connectivity index (χ4n) is 10.2. The van der Waals surface area contributed by atoms with Crippen LogP contribution in [0.4, 0.5) is 0 Å². The van der Waals surface area contributed by atoms with Crippen LogP contribution in [-0.4, -0.2) is 253 Å². The summed E-state index contributed by atoms with van der Waals surface area (Å²) in [7, 11) is 0. The molecule has 26 nitrogen and oxygen atoms in total. The molecule has 5 aliphatic heterocycles. The zero-order valence-electron chi connectivity index (χ0n) is 50.8. The van der Waals surface area contributed by atoms with Crippen LogP contribution in [0.5, 0.6) is 0 Å². The Morgan fingerprint density at radius 2 is 0.682 bits per heavy atom. The lowest BCUT2D eigenvalue weighted by Crippen LogP contribution is -2.59. The van der Waals surface area contributed by atoms with E-state index < -0.39 is 117 Å². The van der Waals surface area contributed by atoms with Crippen LogP contribution in [0.2, 0.25) is 0 Å². The Bertz CT molecular complexity index is 2140. The molecule has 26 heteroatoms. The molecule has 500 valence electrons. The standard InChI is InChI=1S/C19H26O4.C18H24O5.C10H18O5.C9H16O6.C6H12O6/c1-5-16-13(3)14(4)18(17(22-16)12-21-6-2)23-19(20)15-10-8-7-9-11-15;1-4-21-11-16-17(13(3)12(2)15(10-19)22-16)23-18(20)14-8-6-5-7-9-14;1-3-6-8(11)10(13)9(12)7(15-6)5-14-4-2;1-2-14-4-6-8(12)9(13)7(11)5(3-10)15-6;7-1-2-3(8)4(9)5(10)6(11)12-2/h6-11,13-14,16-18H,2,5,12H2,1,3-4H3;4-9,12-13,15-17,19H,1,10-11H2,2-3H3;4,6-13H,2-3,5H2,1H3;2,5-13H,1,3-4H2;2-11H,1H2/t13-,14-,16+,17?,18+;12-,13-,15+,16?,17+;6-,7?,8-,9+,10+;5-,6?,7-,8+,9+;2-,3-,4+,5-,6-/m00111/s1. The maximum absolute atomic E-state index is 12.4. The summed E-state index contributed by atoms with van der Waals surface area (Å²) in [6.07, 6.45) is -12.1. The molecule has 2 aromatic rings. The van der Waals surface area contributed by atoms with Gasteiger partial charge in [0.15, 0.2) is 6.29 Å². The van der Waals surface area contributed by atoms with E-state index in [0.717, 1.165) is 6.42 Å². The Balaban J connectivity index is 0.000000294. The van der Waals surface area contributed by atoms with Crippen LogP contribution in [0, 0.1) is 23.7 Å². The van der Waals surface area contributed by atoms with E-state index in [1.165, 1.54) is 25.0 Å². The maximum Gasteiger partial charge on any atom is 0.338 e. The SMILES string of the molecule is C=COCC1O[C@H](CC)[C@@H](C)[C@H](C)[C@H]1OC(=O)c1ccccc1.C=COCC1O[C@H](CC)[C@@H](O)[C@H](O)[C@H]1O.C=COCC1O[C@H](CO)[C@@H](C)[C@H](C)[C@H]1OC(=O)c1ccccc1.C=COCC1O[C@H](CO)[C@@H](O)[C@H](O)[C@H]1O.OC[C@H]1O[C@@H](O)[C@H](O)[C@@H](O)[C@@H]1O. The molecule has 5 heterocycles.